The van der Waals surface area contributed by atoms with Crippen LogP contribution in [0.4, 0.5) is 0 Å². The van der Waals surface area contributed by atoms with E-state index in [4.69, 9.17) is 25.5 Å². The molecule has 0 aliphatic carbocycles. The van der Waals surface area contributed by atoms with Crippen molar-refractivity contribution in [2.24, 2.45) is 5.73 Å². The molecule has 28 heavy (non-hydrogen) atoms. The Labute approximate surface area is 164 Å². The van der Waals surface area contributed by atoms with E-state index in [1.54, 1.807) is 36.4 Å². The van der Waals surface area contributed by atoms with Crippen LogP contribution in [-0.4, -0.2) is 28.4 Å². The van der Waals surface area contributed by atoms with Crippen LogP contribution >= 0.6 is 0 Å². The van der Waals surface area contributed by atoms with Gasteiger partial charge in [-0.15, -0.1) is 0 Å². The van der Waals surface area contributed by atoms with Gasteiger partial charge in [-0.25, -0.2) is 0 Å². The summed E-state index contributed by atoms with van der Waals surface area (Å²) in [6.07, 6.45) is -2.39. The Bertz CT molecular complexity index is 1070. The van der Waals surface area contributed by atoms with Crippen LogP contribution in [0.2, 0.25) is 0 Å². The highest BCUT2D eigenvalue weighted by atomic mass is 32.2. The van der Waals surface area contributed by atoms with Gasteiger partial charge < -0.3 is 24.1 Å². The van der Waals surface area contributed by atoms with Crippen molar-refractivity contribution in [1.82, 2.24) is 0 Å². The first kappa shape index (κ1) is 18.2. The van der Waals surface area contributed by atoms with E-state index in [2.05, 4.69) is 0 Å². The maximum atomic E-state index is 12.9. The molecule has 2 N–H and O–H groups in total. The predicted molar refractivity (Wildman–Crippen MR) is 99.7 cm³/mol. The molecule has 1 heterocycles. The number of methoxy groups -OCH3 is 2. The SMILES string of the molecule is [2H][C@]1(c2cc(OC)ccc2OC)OC(N)=C(OS(=O)(=O)Cc2ccccc2)C1=O. The summed E-state index contributed by atoms with van der Waals surface area (Å²) in [4.78, 5) is 12.9. The largest absolute Gasteiger partial charge is 0.497 e. The van der Waals surface area contributed by atoms with E-state index in [-0.39, 0.29) is 11.3 Å². The standard InChI is InChI=1S/C19H19NO7S/c1-24-13-8-9-15(25-2)14(10-13)17-16(21)18(19(20)26-17)27-28(22,23)11-12-6-4-3-5-7-12/h3-10,17H,11,20H2,1-2H3/t17-/m1/s1/i17D. The maximum Gasteiger partial charge on any atom is 0.313 e. The molecule has 1 aliphatic heterocycles. The lowest BCUT2D eigenvalue weighted by Crippen LogP contribution is -2.16. The highest BCUT2D eigenvalue weighted by Crippen LogP contribution is 2.38. The molecular weight excluding hydrogens is 386 g/mol. The highest BCUT2D eigenvalue weighted by Gasteiger charge is 2.41. The topological polar surface area (TPSA) is 114 Å². The van der Waals surface area contributed by atoms with Crippen LogP contribution in [0.3, 0.4) is 0 Å². The molecule has 148 valence electrons. The van der Waals surface area contributed by atoms with Crippen molar-refractivity contribution >= 4 is 15.9 Å². The van der Waals surface area contributed by atoms with Crippen molar-refractivity contribution in [3.05, 3.63) is 71.3 Å². The fraction of sp³-hybridized carbons (Fsp3) is 0.211. The normalized spacial score (nSPS) is 19.8. The lowest BCUT2D eigenvalue weighted by atomic mass is 10.0. The molecule has 0 saturated carbocycles. The summed E-state index contributed by atoms with van der Waals surface area (Å²) in [5, 5.41) is 0. The number of nitrogens with two attached hydrogens (primary N) is 1. The number of hydrogen-bond acceptors (Lipinski definition) is 8. The van der Waals surface area contributed by atoms with Gasteiger partial charge in [0.15, 0.2) is 6.08 Å². The van der Waals surface area contributed by atoms with Gasteiger partial charge in [-0.1, -0.05) is 30.3 Å². The number of ketones is 1. The fourth-order valence-electron chi connectivity index (χ4n) is 2.60. The summed E-state index contributed by atoms with van der Waals surface area (Å²) >= 11 is 0. The number of Topliss-reactive ketones (excluding diaryl/α,β-unsaturated/α-hetero) is 1. The number of ether oxygens (including phenoxy) is 3. The first-order valence-electron chi connectivity index (χ1n) is 8.62. The van der Waals surface area contributed by atoms with E-state index in [1.165, 1.54) is 26.4 Å². The van der Waals surface area contributed by atoms with E-state index < -0.39 is 39.4 Å². The molecule has 0 bridgehead atoms. The molecule has 0 aromatic heterocycles. The minimum Gasteiger partial charge on any atom is -0.497 e. The first-order valence-corrected chi connectivity index (χ1v) is 9.70. The Balaban J connectivity index is 1.91. The third kappa shape index (κ3) is 4.04. The van der Waals surface area contributed by atoms with Gasteiger partial charge in [0.25, 0.3) is 0 Å². The van der Waals surface area contributed by atoms with Crippen LogP contribution in [0.15, 0.2) is 60.2 Å². The quantitative estimate of drug-likeness (QED) is 0.695. The predicted octanol–water partition coefficient (Wildman–Crippen LogP) is 2.02. The monoisotopic (exact) mass is 406 g/mol. The van der Waals surface area contributed by atoms with Crippen LogP contribution in [0.1, 0.15) is 18.6 Å². The summed E-state index contributed by atoms with van der Waals surface area (Å²) in [6, 6.07) is 12.7. The summed E-state index contributed by atoms with van der Waals surface area (Å²) in [6.45, 7) is 0. The molecule has 3 rings (SSSR count). The Morgan fingerprint density at radius 3 is 2.50 bits per heavy atom. The summed E-state index contributed by atoms with van der Waals surface area (Å²) in [7, 11) is -1.46. The molecule has 2 aromatic carbocycles. The second-order valence-electron chi connectivity index (χ2n) is 5.79. The minimum absolute atomic E-state index is 0.00800. The minimum atomic E-state index is -4.22. The molecule has 0 spiro atoms. The van der Waals surface area contributed by atoms with Crippen molar-refractivity contribution in [1.29, 1.82) is 0 Å². The summed E-state index contributed by atoms with van der Waals surface area (Å²) in [5.41, 5.74) is 6.15. The Morgan fingerprint density at radius 2 is 1.86 bits per heavy atom. The maximum absolute atomic E-state index is 12.9. The Morgan fingerprint density at radius 1 is 1.14 bits per heavy atom. The molecule has 0 radical (unpaired) electrons. The number of hydrogen-bond donors (Lipinski definition) is 1. The molecule has 8 nitrogen and oxygen atoms in total. The van der Waals surface area contributed by atoms with E-state index in [9.17, 15) is 13.2 Å². The molecule has 2 aromatic rings. The number of rotatable bonds is 7. The van der Waals surface area contributed by atoms with Gasteiger partial charge in [0.05, 0.1) is 15.6 Å². The van der Waals surface area contributed by atoms with Gasteiger partial charge in [-0.3, -0.25) is 4.79 Å². The highest BCUT2D eigenvalue weighted by molar-refractivity contribution is 7.86. The van der Waals surface area contributed by atoms with Crippen molar-refractivity contribution in [3.8, 4) is 11.5 Å². The van der Waals surface area contributed by atoms with Crippen LogP contribution in [0.25, 0.3) is 0 Å². The summed E-state index contributed by atoms with van der Waals surface area (Å²) < 4.78 is 53.8. The van der Waals surface area contributed by atoms with Crippen LogP contribution in [0.5, 0.6) is 11.5 Å². The average molecular weight is 406 g/mol. The molecule has 1 atom stereocenters. The van der Waals surface area contributed by atoms with Gasteiger partial charge in [0, 0.05) is 5.56 Å². The van der Waals surface area contributed by atoms with Gasteiger partial charge in [0.1, 0.15) is 17.3 Å². The molecule has 0 amide bonds. The van der Waals surface area contributed by atoms with Gasteiger partial charge in [-0.05, 0) is 23.8 Å². The third-order valence-electron chi connectivity index (χ3n) is 3.90. The molecule has 1 aliphatic rings. The van der Waals surface area contributed by atoms with Crippen LogP contribution in [0, 0.1) is 0 Å². The zero-order valence-corrected chi connectivity index (χ0v) is 16.0. The van der Waals surface area contributed by atoms with Gasteiger partial charge >= 0.3 is 10.1 Å². The number of benzene rings is 2. The first-order chi connectivity index (χ1) is 13.7. The lowest BCUT2D eigenvalue weighted by molar-refractivity contribution is -0.123. The lowest BCUT2D eigenvalue weighted by Gasteiger charge is -2.15. The van der Waals surface area contributed by atoms with Crippen LogP contribution < -0.4 is 15.2 Å². The van der Waals surface area contributed by atoms with E-state index >= 15 is 0 Å². The smallest absolute Gasteiger partial charge is 0.313 e. The number of carbonyl (C=O) groups is 1. The summed E-state index contributed by atoms with van der Waals surface area (Å²) in [5.74, 6) is -2.40. The molecule has 0 saturated heterocycles. The molecule has 0 unspecified atom stereocenters. The van der Waals surface area contributed by atoms with Crippen molar-refractivity contribution < 1.29 is 33.0 Å². The van der Waals surface area contributed by atoms with Gasteiger partial charge in [-0.2, -0.15) is 8.42 Å². The third-order valence-corrected chi connectivity index (χ3v) is 5.00. The van der Waals surface area contributed by atoms with Crippen molar-refractivity contribution in [2.75, 3.05) is 14.2 Å². The number of carbonyl (C=O) groups excluding carboxylic acids is 1. The Kier molecular flexibility index (Phi) is 5.07. The molecular formula is C19H19NO7S. The second-order valence-corrected chi connectivity index (χ2v) is 7.36. The van der Waals surface area contributed by atoms with E-state index in [0.29, 0.717) is 11.3 Å². The van der Waals surface area contributed by atoms with Crippen LogP contribution in [-0.2, 0) is 29.6 Å². The van der Waals surface area contributed by atoms with E-state index in [1.807, 2.05) is 0 Å². The van der Waals surface area contributed by atoms with Crippen molar-refractivity contribution in [3.63, 3.8) is 0 Å². The van der Waals surface area contributed by atoms with Gasteiger partial charge in [0.2, 0.25) is 17.4 Å². The fourth-order valence-corrected chi connectivity index (χ4v) is 3.67. The zero-order valence-electron chi connectivity index (χ0n) is 16.2. The Hall–Kier alpha value is -3.20. The molecule has 9 heteroatoms. The molecule has 0 fully saturated rings. The zero-order chi connectivity index (χ0) is 21.2. The second kappa shape index (κ2) is 7.81. The van der Waals surface area contributed by atoms with E-state index in [0.717, 1.165) is 0 Å². The average Bonchev–Trinajstić information content (AvgIpc) is 2.91. The van der Waals surface area contributed by atoms with Crippen molar-refractivity contribution in [2.45, 2.75) is 11.8 Å².